The third kappa shape index (κ3) is 5.21. The molecule has 0 bridgehead atoms. The van der Waals surface area contributed by atoms with Gasteiger partial charge in [-0.2, -0.15) is 0 Å². The summed E-state index contributed by atoms with van der Waals surface area (Å²) in [5.41, 5.74) is 0.994. The second-order valence-electron chi connectivity index (χ2n) is 6.89. The smallest absolute Gasteiger partial charge is 0.265 e. The lowest BCUT2D eigenvalue weighted by Gasteiger charge is -2.24. The molecule has 7 nitrogen and oxygen atoms in total. The van der Waals surface area contributed by atoms with Gasteiger partial charge >= 0.3 is 0 Å². The van der Waals surface area contributed by atoms with E-state index in [4.69, 9.17) is 4.74 Å². The van der Waals surface area contributed by atoms with Crippen molar-refractivity contribution in [3.8, 4) is 0 Å². The Labute approximate surface area is 174 Å². The number of nitrogens with zero attached hydrogens (tertiary/aromatic N) is 1. The Morgan fingerprint density at radius 2 is 2.07 bits per heavy atom. The second-order valence-corrected chi connectivity index (χ2v) is 8.17. The number of anilines is 1. The van der Waals surface area contributed by atoms with E-state index >= 15 is 0 Å². The molecule has 1 unspecified atom stereocenters. The van der Waals surface area contributed by atoms with Crippen LogP contribution in [0.2, 0.25) is 0 Å². The second kappa shape index (κ2) is 9.67. The molecule has 0 radical (unpaired) electrons. The number of ether oxygens (including phenoxy) is 1. The molecule has 1 aliphatic rings. The molecular weight excluding hydrogens is 390 g/mol. The van der Waals surface area contributed by atoms with Gasteiger partial charge in [-0.25, -0.2) is 0 Å². The highest BCUT2D eigenvalue weighted by molar-refractivity contribution is 7.14. The number of thiophene rings is 1. The summed E-state index contributed by atoms with van der Waals surface area (Å²) in [5.74, 6) is -0.577. The lowest BCUT2D eigenvalue weighted by atomic mass is 10.1. The van der Waals surface area contributed by atoms with Gasteiger partial charge in [0.2, 0.25) is 5.91 Å². The van der Waals surface area contributed by atoms with E-state index in [0.29, 0.717) is 42.2 Å². The Balaban J connectivity index is 1.68. The predicted molar refractivity (Wildman–Crippen MR) is 112 cm³/mol. The summed E-state index contributed by atoms with van der Waals surface area (Å²) in [4.78, 5) is 41.1. The van der Waals surface area contributed by atoms with Crippen LogP contribution >= 0.6 is 11.3 Å². The van der Waals surface area contributed by atoms with E-state index in [0.717, 1.165) is 11.3 Å². The van der Waals surface area contributed by atoms with Crippen molar-refractivity contribution < 1.29 is 19.1 Å². The number of hydrogen-bond donors (Lipinski definition) is 2. The molecule has 0 aliphatic carbocycles. The van der Waals surface area contributed by atoms with Crippen molar-refractivity contribution in [2.75, 3.05) is 32.1 Å². The fraction of sp³-hybridized carbons (Fsp3) is 0.381. The van der Waals surface area contributed by atoms with Crippen molar-refractivity contribution >= 4 is 34.7 Å². The van der Waals surface area contributed by atoms with Crippen LogP contribution in [0.3, 0.4) is 0 Å². The van der Waals surface area contributed by atoms with Crippen molar-refractivity contribution in [3.63, 3.8) is 0 Å². The van der Waals surface area contributed by atoms with Gasteiger partial charge in [0.15, 0.2) is 0 Å². The van der Waals surface area contributed by atoms with Crippen molar-refractivity contribution in [1.29, 1.82) is 0 Å². The molecule has 3 amide bonds. The SMILES string of the molecule is COCCNC(=O)C1CCCN1C(=O)c1cccc(NC(=O)c2ccc(C)s2)c1. The lowest BCUT2D eigenvalue weighted by molar-refractivity contribution is -0.125. The summed E-state index contributed by atoms with van der Waals surface area (Å²) in [6.07, 6.45) is 1.42. The van der Waals surface area contributed by atoms with E-state index in [1.807, 2.05) is 13.0 Å². The molecule has 2 N–H and O–H groups in total. The Morgan fingerprint density at radius 1 is 1.24 bits per heavy atom. The molecule has 1 saturated heterocycles. The van der Waals surface area contributed by atoms with Crippen LogP contribution in [0.1, 0.15) is 37.7 Å². The standard InChI is InChI=1S/C21H25N3O4S/c1-14-8-9-18(29-14)20(26)23-16-6-3-5-15(13-16)21(27)24-11-4-7-17(24)19(25)22-10-12-28-2/h3,5-6,8-9,13,17H,4,7,10-12H2,1-2H3,(H,22,25)(H,23,26). The average Bonchev–Trinajstić information content (AvgIpc) is 3.37. The molecule has 2 aromatic rings. The first-order valence-electron chi connectivity index (χ1n) is 9.55. The minimum Gasteiger partial charge on any atom is -0.383 e. The van der Waals surface area contributed by atoms with E-state index in [2.05, 4.69) is 10.6 Å². The summed E-state index contributed by atoms with van der Waals surface area (Å²) in [5, 5.41) is 5.64. The van der Waals surface area contributed by atoms with Gasteiger partial charge < -0.3 is 20.3 Å². The molecule has 8 heteroatoms. The zero-order valence-electron chi connectivity index (χ0n) is 16.6. The number of methoxy groups -OCH3 is 1. The van der Waals surface area contributed by atoms with Crippen molar-refractivity contribution in [2.45, 2.75) is 25.8 Å². The quantitative estimate of drug-likeness (QED) is 0.681. The molecule has 3 rings (SSSR count). The normalized spacial score (nSPS) is 15.9. The number of likely N-dealkylation sites (tertiary alicyclic amines) is 1. The molecule has 1 fully saturated rings. The van der Waals surface area contributed by atoms with Crippen LogP contribution in [0, 0.1) is 6.92 Å². The van der Waals surface area contributed by atoms with Crippen LogP contribution in [-0.4, -0.2) is 55.5 Å². The molecule has 0 spiro atoms. The van der Waals surface area contributed by atoms with E-state index in [-0.39, 0.29) is 17.7 Å². The zero-order chi connectivity index (χ0) is 20.8. The molecule has 1 atom stereocenters. The van der Waals surface area contributed by atoms with Crippen LogP contribution in [0.15, 0.2) is 36.4 Å². The number of benzene rings is 1. The number of nitrogens with one attached hydrogen (secondary N) is 2. The Kier molecular flexibility index (Phi) is 7.00. The third-order valence-corrected chi connectivity index (χ3v) is 5.75. The Bertz CT molecular complexity index is 896. The Morgan fingerprint density at radius 3 is 2.79 bits per heavy atom. The van der Waals surface area contributed by atoms with Gasteiger partial charge in [0.1, 0.15) is 6.04 Å². The van der Waals surface area contributed by atoms with Gasteiger partial charge in [0.25, 0.3) is 11.8 Å². The summed E-state index contributed by atoms with van der Waals surface area (Å²) in [7, 11) is 1.57. The maximum absolute atomic E-state index is 13.0. The minimum absolute atomic E-state index is 0.162. The molecule has 1 aliphatic heterocycles. The summed E-state index contributed by atoms with van der Waals surface area (Å²) >= 11 is 1.42. The summed E-state index contributed by atoms with van der Waals surface area (Å²) in [6.45, 7) is 3.32. The molecule has 2 heterocycles. The fourth-order valence-electron chi connectivity index (χ4n) is 3.32. The van der Waals surface area contributed by atoms with Crippen molar-refractivity contribution in [3.05, 3.63) is 51.7 Å². The van der Waals surface area contributed by atoms with Crippen molar-refractivity contribution in [2.24, 2.45) is 0 Å². The molecule has 0 saturated carbocycles. The van der Waals surface area contributed by atoms with Crippen molar-refractivity contribution in [1.82, 2.24) is 10.2 Å². The summed E-state index contributed by atoms with van der Waals surface area (Å²) < 4.78 is 4.95. The van der Waals surface area contributed by atoms with Gasteiger partial charge in [-0.15, -0.1) is 11.3 Å². The van der Waals surface area contributed by atoms with Crippen LogP contribution in [-0.2, 0) is 9.53 Å². The lowest BCUT2D eigenvalue weighted by Crippen LogP contribution is -2.46. The van der Waals surface area contributed by atoms with Gasteiger partial charge in [-0.05, 0) is 50.1 Å². The van der Waals surface area contributed by atoms with Crippen LogP contribution in [0.25, 0.3) is 0 Å². The highest BCUT2D eigenvalue weighted by Gasteiger charge is 2.34. The highest BCUT2D eigenvalue weighted by atomic mass is 32.1. The molecule has 1 aromatic carbocycles. The van der Waals surface area contributed by atoms with Gasteiger partial charge in [-0.3, -0.25) is 14.4 Å². The van der Waals surface area contributed by atoms with Gasteiger partial charge in [0, 0.05) is 36.3 Å². The monoisotopic (exact) mass is 415 g/mol. The molecule has 29 heavy (non-hydrogen) atoms. The maximum atomic E-state index is 13.0. The fourth-order valence-corrected chi connectivity index (χ4v) is 4.08. The summed E-state index contributed by atoms with van der Waals surface area (Å²) in [6, 6.07) is 10.0. The minimum atomic E-state index is -0.480. The zero-order valence-corrected chi connectivity index (χ0v) is 17.4. The number of hydrogen-bond acceptors (Lipinski definition) is 5. The predicted octanol–water partition coefficient (Wildman–Crippen LogP) is 2.68. The topological polar surface area (TPSA) is 87.7 Å². The molecular formula is C21H25N3O4S. The number of rotatable bonds is 7. The van der Waals surface area contributed by atoms with E-state index < -0.39 is 6.04 Å². The van der Waals surface area contributed by atoms with E-state index in [1.165, 1.54) is 11.3 Å². The van der Waals surface area contributed by atoms with Crippen LogP contribution < -0.4 is 10.6 Å². The van der Waals surface area contributed by atoms with E-state index in [1.54, 1.807) is 42.3 Å². The first kappa shape index (κ1) is 21.0. The van der Waals surface area contributed by atoms with Crippen LogP contribution in [0.5, 0.6) is 0 Å². The number of amides is 3. The largest absolute Gasteiger partial charge is 0.383 e. The highest BCUT2D eigenvalue weighted by Crippen LogP contribution is 2.22. The van der Waals surface area contributed by atoms with Gasteiger partial charge in [0.05, 0.1) is 11.5 Å². The molecule has 1 aromatic heterocycles. The Hall–Kier alpha value is -2.71. The number of carbonyl (C=O) groups excluding carboxylic acids is 3. The van der Waals surface area contributed by atoms with Crippen LogP contribution in [0.4, 0.5) is 5.69 Å². The number of carbonyl (C=O) groups is 3. The molecule has 154 valence electrons. The van der Waals surface area contributed by atoms with E-state index in [9.17, 15) is 14.4 Å². The number of aryl methyl sites for hydroxylation is 1. The third-order valence-electron chi connectivity index (χ3n) is 4.75. The maximum Gasteiger partial charge on any atom is 0.265 e. The van der Waals surface area contributed by atoms with Gasteiger partial charge in [-0.1, -0.05) is 6.07 Å². The first-order chi connectivity index (χ1) is 14.0. The average molecular weight is 416 g/mol. The first-order valence-corrected chi connectivity index (χ1v) is 10.4.